The van der Waals surface area contributed by atoms with Gasteiger partial charge in [-0.3, -0.25) is 0 Å². The molecule has 0 atom stereocenters. The van der Waals surface area contributed by atoms with Crippen molar-refractivity contribution < 1.29 is 8.78 Å². The highest BCUT2D eigenvalue weighted by molar-refractivity contribution is 5.72. The fourth-order valence-corrected chi connectivity index (χ4v) is 2.22. The summed E-state index contributed by atoms with van der Waals surface area (Å²) in [6, 6.07) is 18.8. The van der Waals surface area contributed by atoms with Crippen LogP contribution in [-0.4, -0.2) is 0 Å². The van der Waals surface area contributed by atoms with Gasteiger partial charge >= 0.3 is 0 Å². The molecule has 3 rings (SSSR count). The van der Waals surface area contributed by atoms with Gasteiger partial charge < -0.3 is 5.73 Å². The minimum atomic E-state index is -0.415. The molecule has 3 heteroatoms. The summed E-state index contributed by atoms with van der Waals surface area (Å²) in [5.74, 6) is -0.668. The molecular formula is C18H13F2N. The van der Waals surface area contributed by atoms with Crippen LogP contribution >= 0.6 is 0 Å². The van der Waals surface area contributed by atoms with Crippen LogP contribution in [0.25, 0.3) is 22.3 Å². The summed E-state index contributed by atoms with van der Waals surface area (Å²) in [6.07, 6.45) is 0. The van der Waals surface area contributed by atoms with E-state index in [9.17, 15) is 8.78 Å². The summed E-state index contributed by atoms with van der Waals surface area (Å²) in [4.78, 5) is 0. The number of nitrogen functional groups attached to an aromatic ring is 1. The van der Waals surface area contributed by atoms with Gasteiger partial charge in [0.15, 0.2) is 0 Å². The summed E-state index contributed by atoms with van der Waals surface area (Å²) in [7, 11) is 0. The quantitative estimate of drug-likeness (QED) is 0.665. The number of hydrogen-bond acceptors (Lipinski definition) is 1. The maximum atomic E-state index is 13.2. The largest absolute Gasteiger partial charge is 0.396 e. The molecule has 0 saturated carbocycles. The number of hydrogen-bond donors (Lipinski definition) is 1. The van der Waals surface area contributed by atoms with Crippen LogP contribution in [0, 0.1) is 11.6 Å². The Bertz CT molecular complexity index is 762. The van der Waals surface area contributed by atoms with Crippen molar-refractivity contribution in [2.24, 2.45) is 0 Å². The molecule has 0 aromatic heterocycles. The molecule has 104 valence electrons. The van der Waals surface area contributed by atoms with Crippen LogP contribution < -0.4 is 5.73 Å². The number of benzene rings is 3. The lowest BCUT2D eigenvalue weighted by Gasteiger charge is -2.06. The van der Waals surface area contributed by atoms with Crippen molar-refractivity contribution in [1.82, 2.24) is 0 Å². The van der Waals surface area contributed by atoms with Crippen LogP contribution in [0.4, 0.5) is 14.5 Å². The van der Waals surface area contributed by atoms with E-state index in [-0.39, 0.29) is 11.5 Å². The fraction of sp³-hybridized carbons (Fsp3) is 0. The van der Waals surface area contributed by atoms with Gasteiger partial charge in [-0.25, -0.2) is 8.78 Å². The Labute approximate surface area is 121 Å². The minimum Gasteiger partial charge on any atom is -0.396 e. The number of anilines is 1. The molecule has 3 aromatic rings. The molecule has 0 spiro atoms. The van der Waals surface area contributed by atoms with Crippen molar-refractivity contribution in [3.8, 4) is 22.3 Å². The average molecular weight is 281 g/mol. The molecule has 21 heavy (non-hydrogen) atoms. The van der Waals surface area contributed by atoms with Gasteiger partial charge in [0.1, 0.15) is 11.6 Å². The summed E-state index contributed by atoms with van der Waals surface area (Å²) in [5.41, 5.74) is 9.47. The summed E-state index contributed by atoms with van der Waals surface area (Å²) >= 11 is 0. The zero-order chi connectivity index (χ0) is 14.8. The molecular weight excluding hydrogens is 268 g/mol. The van der Waals surface area contributed by atoms with E-state index in [2.05, 4.69) is 0 Å². The second-order valence-corrected chi connectivity index (χ2v) is 4.82. The fourth-order valence-electron chi connectivity index (χ4n) is 2.22. The molecule has 0 bridgehead atoms. The molecule has 0 fully saturated rings. The first-order chi connectivity index (χ1) is 10.1. The zero-order valence-corrected chi connectivity index (χ0v) is 11.2. The van der Waals surface area contributed by atoms with Gasteiger partial charge in [-0.1, -0.05) is 42.5 Å². The normalized spacial score (nSPS) is 10.6. The van der Waals surface area contributed by atoms with Gasteiger partial charge in [-0.15, -0.1) is 0 Å². The lowest BCUT2D eigenvalue weighted by Crippen LogP contribution is -1.90. The molecule has 3 aromatic carbocycles. The first-order valence-electron chi connectivity index (χ1n) is 6.55. The third-order valence-corrected chi connectivity index (χ3v) is 3.39. The highest BCUT2D eigenvalue weighted by Gasteiger charge is 2.03. The Morgan fingerprint density at radius 1 is 0.571 bits per heavy atom. The van der Waals surface area contributed by atoms with Crippen LogP contribution in [0.3, 0.4) is 0 Å². The monoisotopic (exact) mass is 281 g/mol. The Balaban J connectivity index is 1.93. The Hall–Kier alpha value is -2.68. The number of halogens is 2. The number of rotatable bonds is 2. The topological polar surface area (TPSA) is 26.0 Å². The molecule has 0 aliphatic carbocycles. The third-order valence-electron chi connectivity index (χ3n) is 3.39. The van der Waals surface area contributed by atoms with E-state index in [1.54, 1.807) is 24.3 Å². The van der Waals surface area contributed by atoms with E-state index < -0.39 is 5.82 Å². The summed E-state index contributed by atoms with van der Waals surface area (Å²) in [5, 5.41) is 0. The van der Waals surface area contributed by atoms with Crippen LogP contribution in [-0.2, 0) is 0 Å². The van der Waals surface area contributed by atoms with E-state index >= 15 is 0 Å². The van der Waals surface area contributed by atoms with Crippen molar-refractivity contribution in [3.05, 3.63) is 78.4 Å². The maximum Gasteiger partial charge on any atom is 0.146 e. The predicted octanol–water partition coefficient (Wildman–Crippen LogP) is 4.88. The molecule has 0 heterocycles. The second kappa shape index (κ2) is 5.37. The maximum absolute atomic E-state index is 13.2. The van der Waals surface area contributed by atoms with Gasteiger partial charge in [0.05, 0.1) is 5.69 Å². The van der Waals surface area contributed by atoms with Crippen molar-refractivity contribution in [2.45, 2.75) is 0 Å². The summed E-state index contributed by atoms with van der Waals surface area (Å²) in [6.45, 7) is 0. The molecule has 0 radical (unpaired) electrons. The van der Waals surface area contributed by atoms with Gasteiger partial charge in [-0.05, 0) is 46.5 Å². The standard InChI is InChI=1S/C18H13F2N/c19-16-8-5-13(6-9-16)12-1-3-14(4-2-12)15-7-10-17(20)18(21)11-15/h1-11H,21H2. The first-order valence-corrected chi connectivity index (χ1v) is 6.55. The molecule has 0 unspecified atom stereocenters. The Morgan fingerprint density at radius 3 is 1.52 bits per heavy atom. The average Bonchev–Trinajstić information content (AvgIpc) is 2.51. The third kappa shape index (κ3) is 2.77. The van der Waals surface area contributed by atoms with Crippen molar-refractivity contribution in [1.29, 1.82) is 0 Å². The van der Waals surface area contributed by atoms with Crippen LogP contribution in [0.15, 0.2) is 66.7 Å². The van der Waals surface area contributed by atoms with E-state index in [0.29, 0.717) is 0 Å². The highest BCUT2D eigenvalue weighted by Crippen LogP contribution is 2.26. The molecule has 0 saturated heterocycles. The lowest BCUT2D eigenvalue weighted by atomic mass is 10.00. The van der Waals surface area contributed by atoms with E-state index in [0.717, 1.165) is 22.3 Å². The second-order valence-electron chi connectivity index (χ2n) is 4.82. The highest BCUT2D eigenvalue weighted by atomic mass is 19.1. The van der Waals surface area contributed by atoms with Gasteiger partial charge in [0.2, 0.25) is 0 Å². The van der Waals surface area contributed by atoms with Gasteiger partial charge in [-0.2, -0.15) is 0 Å². The molecule has 0 aliphatic heterocycles. The molecule has 0 aliphatic rings. The van der Waals surface area contributed by atoms with Crippen LogP contribution in [0.1, 0.15) is 0 Å². The lowest BCUT2D eigenvalue weighted by molar-refractivity contribution is 0.628. The first kappa shape index (κ1) is 13.3. The Kier molecular flexibility index (Phi) is 3.40. The molecule has 2 N–H and O–H groups in total. The van der Waals surface area contributed by atoms with Crippen molar-refractivity contribution in [2.75, 3.05) is 5.73 Å². The van der Waals surface area contributed by atoms with Gasteiger partial charge in [0.25, 0.3) is 0 Å². The van der Waals surface area contributed by atoms with Crippen LogP contribution in [0.5, 0.6) is 0 Å². The minimum absolute atomic E-state index is 0.134. The van der Waals surface area contributed by atoms with Crippen molar-refractivity contribution >= 4 is 5.69 Å². The van der Waals surface area contributed by atoms with E-state index in [1.807, 2.05) is 24.3 Å². The smallest absolute Gasteiger partial charge is 0.146 e. The SMILES string of the molecule is Nc1cc(-c2ccc(-c3ccc(F)cc3)cc2)ccc1F. The van der Waals surface area contributed by atoms with E-state index in [1.165, 1.54) is 18.2 Å². The zero-order valence-electron chi connectivity index (χ0n) is 11.2. The molecule has 1 nitrogen and oxygen atoms in total. The van der Waals surface area contributed by atoms with E-state index in [4.69, 9.17) is 5.73 Å². The number of nitrogens with two attached hydrogens (primary N) is 1. The van der Waals surface area contributed by atoms with Crippen LogP contribution in [0.2, 0.25) is 0 Å². The molecule has 0 amide bonds. The predicted molar refractivity (Wildman–Crippen MR) is 81.6 cm³/mol. The van der Waals surface area contributed by atoms with Crippen molar-refractivity contribution in [3.63, 3.8) is 0 Å². The Morgan fingerprint density at radius 2 is 1.00 bits per heavy atom. The summed E-state index contributed by atoms with van der Waals surface area (Å²) < 4.78 is 26.1. The van der Waals surface area contributed by atoms with Gasteiger partial charge in [0, 0.05) is 0 Å².